The Morgan fingerprint density at radius 1 is 0.935 bits per heavy atom. The molecule has 172 valence electrons. The van der Waals surface area contributed by atoms with Crippen LogP contribution in [0, 0.1) is 18.8 Å². The van der Waals surface area contributed by atoms with Crippen LogP contribution in [0.2, 0.25) is 0 Å². The van der Waals surface area contributed by atoms with Crippen LogP contribution in [0.4, 0.5) is 5.69 Å². The molecule has 0 saturated heterocycles. The van der Waals surface area contributed by atoms with Gasteiger partial charge in [0.15, 0.2) is 0 Å². The minimum Gasteiger partial charge on any atom is -0.489 e. The van der Waals surface area contributed by atoms with E-state index < -0.39 is 0 Å². The SMILES string of the molecule is Cc1cc(N)c(OC(C)C)cc1C1=C[C@@H](C2CCCCC2)N(C)[C@@H](C2CCCCC2)C1. The second kappa shape index (κ2) is 9.98. The van der Waals surface area contributed by atoms with Gasteiger partial charge in [0.25, 0.3) is 0 Å². The summed E-state index contributed by atoms with van der Waals surface area (Å²) in [5.41, 5.74) is 11.3. The van der Waals surface area contributed by atoms with Crippen LogP contribution in [0.25, 0.3) is 5.57 Å². The van der Waals surface area contributed by atoms with Crippen molar-refractivity contribution in [3.63, 3.8) is 0 Å². The van der Waals surface area contributed by atoms with E-state index in [9.17, 15) is 0 Å². The van der Waals surface area contributed by atoms with E-state index in [0.29, 0.717) is 12.1 Å². The fourth-order valence-electron chi connectivity index (χ4n) is 6.56. The van der Waals surface area contributed by atoms with E-state index in [-0.39, 0.29) is 6.10 Å². The molecule has 4 rings (SSSR count). The molecule has 3 aliphatic rings. The molecule has 1 heterocycles. The third kappa shape index (κ3) is 5.13. The molecule has 3 heteroatoms. The smallest absolute Gasteiger partial charge is 0.143 e. The quantitative estimate of drug-likeness (QED) is 0.518. The Kier molecular flexibility index (Phi) is 7.31. The number of likely N-dealkylation sites (N-methyl/N-ethyl adjacent to an activating group) is 1. The molecule has 0 amide bonds. The van der Waals surface area contributed by atoms with Gasteiger partial charge < -0.3 is 10.5 Å². The van der Waals surface area contributed by atoms with Gasteiger partial charge in [0.2, 0.25) is 0 Å². The summed E-state index contributed by atoms with van der Waals surface area (Å²) >= 11 is 0. The Morgan fingerprint density at radius 3 is 2.16 bits per heavy atom. The van der Waals surface area contributed by atoms with Crippen molar-refractivity contribution < 1.29 is 4.74 Å². The van der Waals surface area contributed by atoms with Crippen LogP contribution < -0.4 is 10.5 Å². The van der Waals surface area contributed by atoms with Crippen LogP contribution in [0.1, 0.15) is 95.6 Å². The van der Waals surface area contributed by atoms with Crippen LogP contribution in [0.5, 0.6) is 5.75 Å². The zero-order valence-corrected chi connectivity index (χ0v) is 20.3. The van der Waals surface area contributed by atoms with Gasteiger partial charge in [-0.1, -0.05) is 44.6 Å². The average Bonchev–Trinajstić information content (AvgIpc) is 2.77. The molecule has 2 N–H and O–H groups in total. The number of hydrogen-bond acceptors (Lipinski definition) is 3. The van der Waals surface area contributed by atoms with Crippen molar-refractivity contribution in [2.45, 2.75) is 110 Å². The molecule has 0 spiro atoms. The molecule has 2 saturated carbocycles. The molecule has 2 atom stereocenters. The molecule has 1 aliphatic heterocycles. The van der Waals surface area contributed by atoms with Crippen molar-refractivity contribution in [3.8, 4) is 5.75 Å². The van der Waals surface area contributed by atoms with Crippen LogP contribution >= 0.6 is 0 Å². The fraction of sp³-hybridized carbons (Fsp3) is 0.714. The van der Waals surface area contributed by atoms with E-state index in [1.165, 1.54) is 80.9 Å². The summed E-state index contributed by atoms with van der Waals surface area (Å²) in [5, 5.41) is 0. The molecular weight excluding hydrogens is 380 g/mol. The molecule has 2 aliphatic carbocycles. The Balaban J connectivity index is 1.70. The van der Waals surface area contributed by atoms with Gasteiger partial charge in [-0.15, -0.1) is 0 Å². The lowest BCUT2D eigenvalue weighted by molar-refractivity contribution is 0.0777. The number of nitrogen functional groups attached to an aromatic ring is 1. The minimum atomic E-state index is 0.134. The highest BCUT2D eigenvalue weighted by atomic mass is 16.5. The summed E-state index contributed by atoms with van der Waals surface area (Å²) in [5.74, 6) is 2.49. The van der Waals surface area contributed by atoms with Gasteiger partial charge >= 0.3 is 0 Å². The zero-order valence-electron chi connectivity index (χ0n) is 20.3. The predicted molar refractivity (Wildman–Crippen MR) is 132 cm³/mol. The molecule has 3 nitrogen and oxygen atoms in total. The highest BCUT2D eigenvalue weighted by Crippen LogP contribution is 2.43. The molecule has 2 fully saturated rings. The summed E-state index contributed by atoms with van der Waals surface area (Å²) in [6.45, 7) is 6.37. The topological polar surface area (TPSA) is 38.5 Å². The van der Waals surface area contributed by atoms with E-state index in [0.717, 1.165) is 29.7 Å². The van der Waals surface area contributed by atoms with E-state index in [2.05, 4.69) is 50.9 Å². The predicted octanol–water partition coefficient (Wildman–Crippen LogP) is 6.98. The Morgan fingerprint density at radius 2 is 1.55 bits per heavy atom. The molecular formula is C28H44N2O. The van der Waals surface area contributed by atoms with Crippen LogP contribution in [0.15, 0.2) is 18.2 Å². The maximum absolute atomic E-state index is 6.33. The Hall–Kier alpha value is -1.48. The van der Waals surface area contributed by atoms with Crippen LogP contribution in [-0.4, -0.2) is 30.1 Å². The van der Waals surface area contributed by atoms with E-state index >= 15 is 0 Å². The largest absolute Gasteiger partial charge is 0.489 e. The average molecular weight is 425 g/mol. The van der Waals surface area contributed by atoms with Crippen molar-refractivity contribution in [3.05, 3.63) is 29.3 Å². The Bertz CT molecular complexity index is 771. The third-order valence-corrected chi connectivity index (χ3v) is 8.19. The van der Waals surface area contributed by atoms with Crippen LogP contribution in [-0.2, 0) is 0 Å². The van der Waals surface area contributed by atoms with E-state index in [4.69, 9.17) is 10.5 Å². The molecule has 0 aromatic heterocycles. The monoisotopic (exact) mass is 424 g/mol. The number of rotatable bonds is 5. The summed E-state index contributed by atoms with van der Waals surface area (Å²) in [6, 6.07) is 5.59. The first-order chi connectivity index (χ1) is 14.9. The summed E-state index contributed by atoms with van der Waals surface area (Å²) in [4.78, 5) is 2.79. The first kappa shape index (κ1) is 22.7. The maximum atomic E-state index is 6.33. The summed E-state index contributed by atoms with van der Waals surface area (Å²) in [7, 11) is 2.43. The summed E-state index contributed by atoms with van der Waals surface area (Å²) in [6.07, 6.45) is 18.0. The Labute approximate surface area is 190 Å². The molecule has 1 aromatic rings. The zero-order chi connectivity index (χ0) is 22.0. The number of aryl methyl sites for hydroxylation is 1. The second-order valence-corrected chi connectivity index (χ2v) is 10.8. The molecule has 31 heavy (non-hydrogen) atoms. The highest BCUT2D eigenvalue weighted by Gasteiger charge is 2.37. The number of ether oxygens (including phenoxy) is 1. The fourth-order valence-corrected chi connectivity index (χ4v) is 6.56. The third-order valence-electron chi connectivity index (χ3n) is 8.19. The maximum Gasteiger partial charge on any atom is 0.143 e. The number of hydrogen-bond donors (Lipinski definition) is 1. The van der Waals surface area contributed by atoms with E-state index in [1.807, 2.05) is 0 Å². The van der Waals surface area contributed by atoms with E-state index in [1.54, 1.807) is 0 Å². The van der Waals surface area contributed by atoms with Gasteiger partial charge in [0.05, 0.1) is 11.8 Å². The van der Waals surface area contributed by atoms with Crippen molar-refractivity contribution in [1.29, 1.82) is 0 Å². The second-order valence-electron chi connectivity index (χ2n) is 10.8. The lowest BCUT2D eigenvalue weighted by atomic mass is 9.74. The standard InChI is InChI=1S/C28H44N2O/c1-19(2)31-28-18-24(20(3)15-25(28)29)23-16-26(21-11-7-5-8-12-21)30(4)27(17-23)22-13-9-6-10-14-22/h15-16,18-19,21-22,26-27H,5-14,17,29H2,1-4H3/t26-,27+/m0/s1. The van der Waals surface area contributed by atoms with Crippen molar-refractivity contribution >= 4 is 11.3 Å². The lowest BCUT2D eigenvalue weighted by Gasteiger charge is -2.47. The van der Waals surface area contributed by atoms with Gasteiger partial charge in [0, 0.05) is 12.1 Å². The highest BCUT2D eigenvalue weighted by molar-refractivity contribution is 5.74. The first-order valence-electron chi connectivity index (χ1n) is 12.9. The number of benzene rings is 1. The minimum absolute atomic E-state index is 0.134. The number of anilines is 1. The molecule has 0 unspecified atom stereocenters. The van der Waals surface area contributed by atoms with Crippen molar-refractivity contribution in [1.82, 2.24) is 4.90 Å². The van der Waals surface area contributed by atoms with Gasteiger partial charge in [-0.2, -0.15) is 0 Å². The summed E-state index contributed by atoms with van der Waals surface area (Å²) < 4.78 is 6.08. The van der Waals surface area contributed by atoms with Gasteiger partial charge in [-0.25, -0.2) is 0 Å². The number of nitrogens with zero attached hydrogens (tertiary/aromatic N) is 1. The molecule has 1 aromatic carbocycles. The van der Waals surface area contributed by atoms with Gasteiger partial charge in [-0.05, 0) is 101 Å². The molecule has 0 radical (unpaired) electrons. The molecule has 0 bridgehead atoms. The van der Waals surface area contributed by atoms with Crippen molar-refractivity contribution in [2.75, 3.05) is 12.8 Å². The first-order valence-corrected chi connectivity index (χ1v) is 12.9. The number of nitrogens with two attached hydrogens (primary N) is 1. The van der Waals surface area contributed by atoms with Gasteiger partial charge in [-0.3, -0.25) is 4.90 Å². The normalized spacial score (nSPS) is 26.8. The van der Waals surface area contributed by atoms with Crippen molar-refractivity contribution in [2.24, 2.45) is 11.8 Å². The lowest BCUT2D eigenvalue weighted by Crippen LogP contribution is -2.50. The van der Waals surface area contributed by atoms with Crippen LogP contribution in [0.3, 0.4) is 0 Å². The van der Waals surface area contributed by atoms with Gasteiger partial charge in [0.1, 0.15) is 5.75 Å².